The highest BCUT2D eigenvalue weighted by Gasteiger charge is 2.10. The Balaban J connectivity index is 2.50. The molecule has 1 aromatic rings. The van der Waals surface area contributed by atoms with Gasteiger partial charge in [-0.1, -0.05) is 0 Å². The molecule has 1 rings (SSSR count). The van der Waals surface area contributed by atoms with Crippen molar-refractivity contribution in [1.82, 2.24) is 10.3 Å². The molecule has 0 spiro atoms. The third-order valence-electron chi connectivity index (χ3n) is 2.57. The molecule has 2 nitrogen and oxygen atoms in total. The van der Waals surface area contributed by atoms with E-state index < -0.39 is 0 Å². The van der Waals surface area contributed by atoms with Crippen LogP contribution in [0.15, 0.2) is 0 Å². The highest BCUT2D eigenvalue weighted by atomic mass is 32.2. The Labute approximate surface area is 101 Å². The van der Waals surface area contributed by atoms with Crippen molar-refractivity contribution in [3.8, 4) is 0 Å². The van der Waals surface area contributed by atoms with E-state index in [2.05, 4.69) is 30.4 Å². The van der Waals surface area contributed by atoms with Gasteiger partial charge in [0.1, 0.15) is 0 Å². The number of rotatable bonds is 6. The number of hydrogen-bond acceptors (Lipinski definition) is 4. The first kappa shape index (κ1) is 13.0. The van der Waals surface area contributed by atoms with E-state index in [-0.39, 0.29) is 0 Å². The molecular formula is C11H20N2S2. The fourth-order valence-corrected chi connectivity index (χ4v) is 2.98. The van der Waals surface area contributed by atoms with Crippen molar-refractivity contribution in [3.05, 3.63) is 15.6 Å². The number of hydrogen-bond donors (Lipinski definition) is 1. The first-order valence-electron chi connectivity index (χ1n) is 5.26. The van der Waals surface area contributed by atoms with Crippen LogP contribution >= 0.6 is 23.1 Å². The Morgan fingerprint density at radius 2 is 2.20 bits per heavy atom. The molecule has 1 atom stereocenters. The van der Waals surface area contributed by atoms with Crippen LogP contribution in [0.2, 0.25) is 0 Å². The summed E-state index contributed by atoms with van der Waals surface area (Å²) in [6.07, 6.45) is 4.44. The fraction of sp³-hybridized carbons (Fsp3) is 0.727. The average molecular weight is 244 g/mol. The Morgan fingerprint density at radius 3 is 2.67 bits per heavy atom. The van der Waals surface area contributed by atoms with E-state index in [1.54, 1.807) is 0 Å². The van der Waals surface area contributed by atoms with Crippen LogP contribution in [0.3, 0.4) is 0 Å². The van der Waals surface area contributed by atoms with Crippen molar-refractivity contribution < 1.29 is 0 Å². The first-order valence-corrected chi connectivity index (χ1v) is 7.47. The third-order valence-corrected chi connectivity index (χ3v) is 4.31. The second-order valence-corrected chi connectivity index (χ2v) is 5.99. The molecule has 1 N–H and O–H groups in total. The van der Waals surface area contributed by atoms with Crippen LogP contribution < -0.4 is 5.32 Å². The predicted octanol–water partition coefficient (Wildman–Crippen LogP) is 2.64. The van der Waals surface area contributed by atoms with Crippen LogP contribution in [-0.4, -0.2) is 30.1 Å². The number of thioether (sulfide) groups is 1. The number of aromatic nitrogens is 1. The lowest BCUT2D eigenvalue weighted by molar-refractivity contribution is 0.545. The molecule has 0 aliphatic heterocycles. The molecule has 86 valence electrons. The second-order valence-electron chi connectivity index (χ2n) is 3.72. The average Bonchev–Trinajstić information content (AvgIpc) is 2.53. The number of nitrogens with one attached hydrogen (secondary N) is 1. The van der Waals surface area contributed by atoms with E-state index in [0.717, 1.165) is 6.42 Å². The quantitative estimate of drug-likeness (QED) is 0.833. The minimum absolute atomic E-state index is 0.572. The molecule has 1 heterocycles. The summed E-state index contributed by atoms with van der Waals surface area (Å²) in [7, 11) is 2.04. The third kappa shape index (κ3) is 4.13. The lowest BCUT2D eigenvalue weighted by Crippen LogP contribution is -2.28. The fourth-order valence-electron chi connectivity index (χ4n) is 1.45. The van der Waals surface area contributed by atoms with E-state index in [4.69, 9.17) is 0 Å². The highest BCUT2D eigenvalue weighted by molar-refractivity contribution is 7.98. The number of nitrogens with zero attached hydrogens (tertiary/aromatic N) is 1. The molecule has 0 aromatic carbocycles. The molecule has 0 saturated carbocycles. The van der Waals surface area contributed by atoms with Gasteiger partial charge in [0.2, 0.25) is 0 Å². The minimum atomic E-state index is 0.572. The number of likely N-dealkylation sites (N-methyl/N-ethyl adjacent to an activating group) is 1. The molecule has 0 amide bonds. The summed E-state index contributed by atoms with van der Waals surface area (Å²) in [5.74, 6) is 1.22. The zero-order valence-electron chi connectivity index (χ0n) is 9.96. The van der Waals surface area contributed by atoms with Gasteiger partial charge in [-0.2, -0.15) is 11.8 Å². The van der Waals surface area contributed by atoms with Crippen LogP contribution in [0.25, 0.3) is 0 Å². The van der Waals surface area contributed by atoms with E-state index >= 15 is 0 Å². The van der Waals surface area contributed by atoms with Gasteiger partial charge in [0.15, 0.2) is 0 Å². The zero-order valence-corrected chi connectivity index (χ0v) is 11.6. The van der Waals surface area contributed by atoms with Gasteiger partial charge in [-0.15, -0.1) is 11.3 Å². The van der Waals surface area contributed by atoms with Crippen molar-refractivity contribution in [2.75, 3.05) is 19.1 Å². The van der Waals surface area contributed by atoms with Crippen LogP contribution in [0.4, 0.5) is 0 Å². The lowest BCUT2D eigenvalue weighted by Gasteiger charge is -2.13. The summed E-state index contributed by atoms with van der Waals surface area (Å²) in [6, 6.07) is 0.572. The van der Waals surface area contributed by atoms with E-state index in [0.29, 0.717) is 6.04 Å². The van der Waals surface area contributed by atoms with Gasteiger partial charge in [0.25, 0.3) is 0 Å². The molecule has 15 heavy (non-hydrogen) atoms. The van der Waals surface area contributed by atoms with Crippen LogP contribution in [-0.2, 0) is 6.42 Å². The molecule has 0 bridgehead atoms. The topological polar surface area (TPSA) is 24.9 Å². The molecule has 1 aromatic heterocycles. The number of aryl methyl sites for hydroxylation is 2. The van der Waals surface area contributed by atoms with Gasteiger partial charge in [0, 0.05) is 17.3 Å². The molecule has 0 aliphatic carbocycles. The smallest absolute Gasteiger partial charge is 0.0946 e. The molecule has 0 radical (unpaired) electrons. The van der Waals surface area contributed by atoms with Gasteiger partial charge in [-0.3, -0.25) is 0 Å². The number of thiazole rings is 1. The Morgan fingerprint density at radius 1 is 1.47 bits per heavy atom. The van der Waals surface area contributed by atoms with Crippen molar-refractivity contribution in [2.45, 2.75) is 32.7 Å². The monoisotopic (exact) mass is 244 g/mol. The summed E-state index contributed by atoms with van der Waals surface area (Å²) in [6.45, 7) is 4.23. The Hall–Kier alpha value is -0.0600. The largest absolute Gasteiger partial charge is 0.317 e. The normalized spacial score (nSPS) is 13.1. The van der Waals surface area contributed by atoms with E-state index in [1.165, 1.54) is 27.8 Å². The van der Waals surface area contributed by atoms with Gasteiger partial charge in [-0.05, 0) is 39.3 Å². The first-order chi connectivity index (χ1) is 7.17. The van der Waals surface area contributed by atoms with Crippen LogP contribution in [0.5, 0.6) is 0 Å². The molecule has 1 unspecified atom stereocenters. The summed E-state index contributed by atoms with van der Waals surface area (Å²) in [5, 5.41) is 4.64. The summed E-state index contributed by atoms with van der Waals surface area (Å²) >= 11 is 3.74. The maximum atomic E-state index is 4.58. The predicted molar refractivity (Wildman–Crippen MR) is 71.1 cm³/mol. The highest BCUT2D eigenvalue weighted by Crippen LogP contribution is 2.18. The van der Waals surface area contributed by atoms with Crippen molar-refractivity contribution in [2.24, 2.45) is 0 Å². The van der Waals surface area contributed by atoms with E-state index in [9.17, 15) is 0 Å². The van der Waals surface area contributed by atoms with Gasteiger partial charge >= 0.3 is 0 Å². The molecule has 0 aliphatic rings. The molecule has 4 heteroatoms. The van der Waals surface area contributed by atoms with Crippen molar-refractivity contribution in [1.29, 1.82) is 0 Å². The van der Waals surface area contributed by atoms with Gasteiger partial charge in [-0.25, -0.2) is 4.98 Å². The van der Waals surface area contributed by atoms with Crippen molar-refractivity contribution >= 4 is 23.1 Å². The lowest BCUT2D eigenvalue weighted by atomic mass is 10.1. The van der Waals surface area contributed by atoms with Crippen LogP contribution in [0, 0.1) is 13.8 Å². The maximum Gasteiger partial charge on any atom is 0.0946 e. The van der Waals surface area contributed by atoms with E-state index in [1.807, 2.05) is 30.1 Å². The zero-order chi connectivity index (χ0) is 11.3. The summed E-state index contributed by atoms with van der Waals surface area (Å²) < 4.78 is 0. The standard InChI is InChI=1S/C11H20N2S2/c1-8-9(2)15-11(13-8)7-10(12-3)5-6-14-4/h10,12H,5-7H2,1-4H3. The Kier molecular flexibility index (Phi) is 5.64. The van der Waals surface area contributed by atoms with Crippen molar-refractivity contribution in [3.63, 3.8) is 0 Å². The van der Waals surface area contributed by atoms with Gasteiger partial charge in [0.05, 0.1) is 10.7 Å². The summed E-state index contributed by atoms with van der Waals surface area (Å²) in [5.41, 5.74) is 1.19. The SMILES string of the molecule is CNC(CCSC)Cc1nc(C)c(C)s1. The molecule has 0 fully saturated rings. The van der Waals surface area contributed by atoms with Gasteiger partial charge < -0.3 is 5.32 Å². The molecular weight excluding hydrogens is 224 g/mol. The second kappa shape index (κ2) is 6.51. The summed E-state index contributed by atoms with van der Waals surface area (Å²) in [4.78, 5) is 5.93. The maximum absolute atomic E-state index is 4.58. The Bertz CT molecular complexity index is 277. The minimum Gasteiger partial charge on any atom is -0.317 e. The molecule has 0 saturated heterocycles. The van der Waals surface area contributed by atoms with Crippen LogP contribution in [0.1, 0.15) is 22.0 Å².